The largest absolute Gasteiger partial charge is 0.368 e. The summed E-state index contributed by atoms with van der Waals surface area (Å²) >= 11 is 5.94. The highest BCUT2D eigenvalue weighted by Gasteiger charge is 2.16. The molecule has 0 spiro atoms. The maximum Gasteiger partial charge on any atom is 0.257 e. The van der Waals surface area contributed by atoms with Crippen LogP contribution in [0.5, 0.6) is 0 Å². The van der Waals surface area contributed by atoms with Crippen molar-refractivity contribution in [2.75, 3.05) is 43.4 Å². The second-order valence-electron chi connectivity index (χ2n) is 5.69. The number of aromatic nitrogens is 1. The van der Waals surface area contributed by atoms with E-state index in [9.17, 15) is 4.79 Å². The van der Waals surface area contributed by atoms with Gasteiger partial charge in [0.15, 0.2) is 0 Å². The fourth-order valence-electron chi connectivity index (χ4n) is 2.56. The minimum absolute atomic E-state index is 0.184. The number of benzene rings is 1. The summed E-state index contributed by atoms with van der Waals surface area (Å²) in [5, 5.41) is 3.44. The lowest BCUT2D eigenvalue weighted by Crippen LogP contribution is -2.44. The van der Waals surface area contributed by atoms with Gasteiger partial charge in [-0.2, -0.15) is 0 Å². The molecule has 3 rings (SSSR count). The summed E-state index contributed by atoms with van der Waals surface area (Å²) in [6.07, 6.45) is 3.39. The zero-order valence-corrected chi connectivity index (χ0v) is 13.8. The van der Waals surface area contributed by atoms with Crippen LogP contribution in [-0.2, 0) is 0 Å². The summed E-state index contributed by atoms with van der Waals surface area (Å²) in [6.45, 7) is 3.91. The van der Waals surface area contributed by atoms with Crippen molar-refractivity contribution in [2.45, 2.75) is 0 Å². The van der Waals surface area contributed by atoms with Gasteiger partial charge in [-0.25, -0.2) is 0 Å². The summed E-state index contributed by atoms with van der Waals surface area (Å²) in [4.78, 5) is 21.2. The van der Waals surface area contributed by atoms with Gasteiger partial charge >= 0.3 is 0 Å². The molecule has 1 aromatic carbocycles. The number of halogens is 1. The number of carbonyl (C=O) groups excluding carboxylic acids is 1. The van der Waals surface area contributed by atoms with Gasteiger partial charge in [-0.15, -0.1) is 0 Å². The maximum absolute atomic E-state index is 12.4. The van der Waals surface area contributed by atoms with Gasteiger partial charge in [-0.1, -0.05) is 17.7 Å². The number of piperazine rings is 1. The Balaban J connectivity index is 1.72. The average molecular weight is 331 g/mol. The lowest BCUT2D eigenvalue weighted by molar-refractivity contribution is 0.102. The molecule has 0 atom stereocenters. The minimum Gasteiger partial charge on any atom is -0.368 e. The highest BCUT2D eigenvalue weighted by Crippen LogP contribution is 2.19. The molecule has 120 valence electrons. The van der Waals surface area contributed by atoms with Crippen LogP contribution in [0.4, 0.5) is 11.4 Å². The minimum atomic E-state index is -0.184. The second-order valence-corrected chi connectivity index (χ2v) is 6.12. The molecule has 1 aliphatic rings. The first-order valence-electron chi connectivity index (χ1n) is 7.57. The van der Waals surface area contributed by atoms with Gasteiger partial charge in [-0.3, -0.25) is 9.78 Å². The van der Waals surface area contributed by atoms with E-state index >= 15 is 0 Å². The molecule has 1 fully saturated rings. The molecule has 1 amide bonds. The zero-order valence-electron chi connectivity index (χ0n) is 13.0. The van der Waals surface area contributed by atoms with Crippen molar-refractivity contribution in [3.05, 3.63) is 53.3 Å². The molecule has 0 unspecified atom stereocenters. The third kappa shape index (κ3) is 4.00. The third-order valence-electron chi connectivity index (χ3n) is 3.94. The van der Waals surface area contributed by atoms with Crippen molar-refractivity contribution in [1.82, 2.24) is 9.88 Å². The van der Waals surface area contributed by atoms with E-state index in [1.165, 1.54) is 0 Å². The molecule has 2 aromatic rings. The van der Waals surface area contributed by atoms with Crippen molar-refractivity contribution in [3.63, 3.8) is 0 Å². The molecule has 2 heterocycles. The number of anilines is 2. The van der Waals surface area contributed by atoms with Crippen LogP contribution in [0.3, 0.4) is 0 Å². The van der Waals surface area contributed by atoms with E-state index in [0.717, 1.165) is 31.9 Å². The number of hydrogen-bond acceptors (Lipinski definition) is 4. The van der Waals surface area contributed by atoms with Crippen LogP contribution in [-0.4, -0.2) is 49.0 Å². The topological polar surface area (TPSA) is 48.5 Å². The number of nitrogens with zero attached hydrogens (tertiary/aromatic N) is 3. The number of hydrogen-bond donors (Lipinski definition) is 1. The van der Waals surface area contributed by atoms with Gasteiger partial charge in [-0.05, 0) is 31.3 Å². The number of carbonyl (C=O) groups is 1. The summed E-state index contributed by atoms with van der Waals surface area (Å²) in [5.41, 5.74) is 2.20. The Labute approximate surface area is 140 Å². The number of pyridine rings is 1. The highest BCUT2D eigenvalue weighted by molar-refractivity contribution is 6.30. The molecule has 1 N–H and O–H groups in total. The van der Waals surface area contributed by atoms with Crippen LogP contribution in [0.2, 0.25) is 5.02 Å². The Bertz CT molecular complexity index is 698. The standard InChI is InChI=1S/C17H19ClN4O/c1-21-5-7-22(8-6-21)16-9-13(11-19-12-16)17(23)20-15-4-2-3-14(18)10-15/h2-4,9-12H,5-8H2,1H3,(H,20,23). The van der Waals surface area contributed by atoms with Crippen LogP contribution in [0, 0.1) is 0 Å². The Hall–Kier alpha value is -2.11. The molecular weight excluding hydrogens is 312 g/mol. The monoisotopic (exact) mass is 330 g/mol. The van der Waals surface area contributed by atoms with E-state index in [4.69, 9.17) is 11.6 Å². The Kier molecular flexibility index (Phi) is 4.79. The molecule has 1 aliphatic heterocycles. The quantitative estimate of drug-likeness (QED) is 0.940. The maximum atomic E-state index is 12.4. The van der Waals surface area contributed by atoms with Crippen LogP contribution >= 0.6 is 11.6 Å². The fraction of sp³-hybridized carbons (Fsp3) is 0.294. The summed E-state index contributed by atoms with van der Waals surface area (Å²) in [7, 11) is 2.12. The van der Waals surface area contributed by atoms with Gasteiger partial charge in [0.2, 0.25) is 0 Å². The zero-order chi connectivity index (χ0) is 16.2. The van der Waals surface area contributed by atoms with Crippen LogP contribution < -0.4 is 10.2 Å². The van der Waals surface area contributed by atoms with Crippen LogP contribution in [0.1, 0.15) is 10.4 Å². The van der Waals surface area contributed by atoms with Crippen LogP contribution in [0.25, 0.3) is 0 Å². The molecule has 0 aliphatic carbocycles. The van der Waals surface area contributed by atoms with E-state index < -0.39 is 0 Å². The molecule has 5 nitrogen and oxygen atoms in total. The summed E-state index contributed by atoms with van der Waals surface area (Å²) in [6, 6.07) is 8.99. The highest BCUT2D eigenvalue weighted by atomic mass is 35.5. The van der Waals surface area contributed by atoms with Crippen molar-refractivity contribution in [3.8, 4) is 0 Å². The van der Waals surface area contributed by atoms with Gasteiger partial charge in [0.1, 0.15) is 0 Å². The van der Waals surface area contributed by atoms with Gasteiger partial charge in [0.05, 0.1) is 17.4 Å². The molecule has 1 saturated heterocycles. The SMILES string of the molecule is CN1CCN(c2cncc(C(=O)Nc3cccc(Cl)c3)c2)CC1. The van der Waals surface area contributed by atoms with Gasteiger partial charge < -0.3 is 15.1 Å². The van der Waals surface area contributed by atoms with E-state index in [0.29, 0.717) is 16.3 Å². The Morgan fingerprint density at radius 3 is 2.70 bits per heavy atom. The number of nitrogens with one attached hydrogen (secondary N) is 1. The molecule has 1 aromatic heterocycles. The normalized spacial score (nSPS) is 15.5. The molecule has 6 heteroatoms. The first-order chi connectivity index (χ1) is 11.1. The van der Waals surface area contributed by atoms with Crippen molar-refractivity contribution in [1.29, 1.82) is 0 Å². The molecule has 0 bridgehead atoms. The smallest absolute Gasteiger partial charge is 0.257 e. The first kappa shape index (κ1) is 15.8. The van der Waals surface area contributed by atoms with Gasteiger partial charge in [0.25, 0.3) is 5.91 Å². The Morgan fingerprint density at radius 1 is 1.17 bits per heavy atom. The van der Waals surface area contributed by atoms with E-state index in [2.05, 4.69) is 27.1 Å². The lowest BCUT2D eigenvalue weighted by atomic mass is 10.2. The second kappa shape index (κ2) is 6.98. The van der Waals surface area contributed by atoms with E-state index in [1.54, 1.807) is 24.4 Å². The predicted molar refractivity (Wildman–Crippen MR) is 93.4 cm³/mol. The number of amides is 1. The molecule has 23 heavy (non-hydrogen) atoms. The number of likely N-dealkylation sites (N-methyl/N-ethyl adjacent to an activating group) is 1. The van der Waals surface area contributed by atoms with Crippen LogP contribution in [0.15, 0.2) is 42.7 Å². The Morgan fingerprint density at radius 2 is 1.96 bits per heavy atom. The lowest BCUT2D eigenvalue weighted by Gasteiger charge is -2.33. The van der Waals surface area contributed by atoms with Crippen molar-refractivity contribution in [2.24, 2.45) is 0 Å². The van der Waals surface area contributed by atoms with Gasteiger partial charge in [0, 0.05) is 43.1 Å². The van der Waals surface area contributed by atoms with Crippen molar-refractivity contribution >= 4 is 28.9 Å². The third-order valence-corrected chi connectivity index (χ3v) is 4.17. The fourth-order valence-corrected chi connectivity index (χ4v) is 2.75. The number of rotatable bonds is 3. The van der Waals surface area contributed by atoms with Crippen molar-refractivity contribution < 1.29 is 4.79 Å². The molecule has 0 saturated carbocycles. The van der Waals surface area contributed by atoms with E-state index in [-0.39, 0.29) is 5.91 Å². The predicted octanol–water partition coefficient (Wildman–Crippen LogP) is 2.74. The molecular formula is C17H19ClN4O. The summed E-state index contributed by atoms with van der Waals surface area (Å²) < 4.78 is 0. The first-order valence-corrected chi connectivity index (χ1v) is 7.95. The van der Waals surface area contributed by atoms with E-state index in [1.807, 2.05) is 18.3 Å². The summed E-state index contributed by atoms with van der Waals surface area (Å²) in [5.74, 6) is -0.184. The molecule has 0 radical (unpaired) electrons. The average Bonchev–Trinajstić information content (AvgIpc) is 2.56.